The highest BCUT2D eigenvalue weighted by Gasteiger charge is 2.44. The molecule has 4 rings (SSSR count). The summed E-state index contributed by atoms with van der Waals surface area (Å²) in [6.07, 6.45) is 9.82. The Hall–Kier alpha value is -2.75. The average molecular weight is 461 g/mol. The minimum absolute atomic E-state index is 0.154. The zero-order valence-electron chi connectivity index (χ0n) is 20.9. The minimum Gasteiger partial charge on any atom is -0.384 e. The van der Waals surface area contributed by atoms with Gasteiger partial charge in [-0.2, -0.15) is 5.26 Å². The Bertz CT molecular complexity index is 969. The molecular weight excluding hydrogens is 420 g/mol. The average Bonchev–Trinajstić information content (AvgIpc) is 3.49. The first-order valence-corrected chi connectivity index (χ1v) is 12.6. The van der Waals surface area contributed by atoms with Gasteiger partial charge in [0.2, 0.25) is 0 Å². The lowest BCUT2D eigenvalue weighted by Gasteiger charge is -2.33. The summed E-state index contributed by atoms with van der Waals surface area (Å²) >= 11 is 0. The van der Waals surface area contributed by atoms with Gasteiger partial charge in [-0.15, -0.1) is 0 Å². The molecule has 1 aromatic heterocycles. The molecule has 5 N–H and O–H groups in total. The fourth-order valence-corrected chi connectivity index (χ4v) is 5.72. The van der Waals surface area contributed by atoms with E-state index in [9.17, 15) is 0 Å². The largest absolute Gasteiger partial charge is 0.384 e. The second kappa shape index (κ2) is 12.1. The van der Waals surface area contributed by atoms with Crippen molar-refractivity contribution in [1.29, 1.82) is 10.7 Å². The van der Waals surface area contributed by atoms with Gasteiger partial charge in [0.25, 0.3) is 0 Å². The maximum atomic E-state index is 9.01. The molecule has 1 heterocycles. The number of pyridine rings is 1. The predicted octanol–water partition coefficient (Wildman–Crippen LogP) is 5.21. The smallest absolute Gasteiger partial charge is 0.0991 e. The molecule has 2 unspecified atom stereocenters. The standard InChI is InChI=1S/C27H35N5.CH5N/c1-3-25(32-18-27-11-8-20(15-27)9-12-27)24(19(2)29)17-31-23-10-13-30-26(14-23)22-6-4-21(16-28)5-7-22;1-2/h4-7,10,13-14,20,24-25,29,32H,3,8-9,11-12,15,17-18H2,1-2H3,(H,30,31);2H2,1H3. The SMILES string of the molecule is CCC(NCC12CCC(CC1)C2)C(CNc1ccnc(-c2ccc(C#N)cc2)c1)C(C)=N.CN. The van der Waals surface area contributed by atoms with Gasteiger partial charge in [-0.1, -0.05) is 19.1 Å². The molecule has 2 fully saturated rings. The van der Waals surface area contributed by atoms with Crippen LogP contribution >= 0.6 is 0 Å². The highest BCUT2D eigenvalue weighted by molar-refractivity contribution is 5.82. The van der Waals surface area contributed by atoms with Gasteiger partial charge in [0.1, 0.15) is 0 Å². The molecule has 0 amide bonds. The van der Waals surface area contributed by atoms with E-state index in [-0.39, 0.29) is 5.92 Å². The number of benzene rings is 1. The van der Waals surface area contributed by atoms with Gasteiger partial charge < -0.3 is 21.8 Å². The van der Waals surface area contributed by atoms with E-state index < -0.39 is 0 Å². The van der Waals surface area contributed by atoms with E-state index >= 15 is 0 Å². The second-order valence-corrected chi connectivity index (χ2v) is 9.83. The van der Waals surface area contributed by atoms with Crippen molar-refractivity contribution in [1.82, 2.24) is 10.3 Å². The van der Waals surface area contributed by atoms with Crippen molar-refractivity contribution in [2.24, 2.45) is 23.0 Å². The zero-order chi connectivity index (χ0) is 24.6. The number of nitrogens with zero attached hydrogens (tertiary/aromatic N) is 2. The second-order valence-electron chi connectivity index (χ2n) is 9.83. The monoisotopic (exact) mass is 460 g/mol. The molecule has 2 bridgehead atoms. The van der Waals surface area contributed by atoms with Crippen LogP contribution < -0.4 is 16.4 Å². The van der Waals surface area contributed by atoms with E-state index in [0.717, 1.165) is 48.1 Å². The maximum absolute atomic E-state index is 9.01. The lowest BCUT2D eigenvalue weighted by Crippen LogP contribution is -2.46. The summed E-state index contributed by atoms with van der Waals surface area (Å²) in [4.78, 5) is 4.50. The molecule has 182 valence electrons. The minimum atomic E-state index is 0.154. The summed E-state index contributed by atoms with van der Waals surface area (Å²) in [5, 5.41) is 24.9. The number of nitrogens with two attached hydrogens (primary N) is 1. The van der Waals surface area contributed by atoms with Crippen LogP contribution in [0.2, 0.25) is 0 Å². The van der Waals surface area contributed by atoms with Gasteiger partial charge in [-0.3, -0.25) is 4.98 Å². The number of anilines is 1. The number of hydrogen-bond acceptors (Lipinski definition) is 6. The Balaban J connectivity index is 0.00000158. The van der Waals surface area contributed by atoms with Crippen LogP contribution in [-0.4, -0.2) is 36.9 Å². The van der Waals surface area contributed by atoms with E-state index in [1.165, 1.54) is 39.2 Å². The third kappa shape index (κ3) is 6.22. The Kier molecular flexibility index (Phi) is 9.20. The van der Waals surface area contributed by atoms with E-state index in [0.29, 0.717) is 17.0 Å². The van der Waals surface area contributed by atoms with E-state index in [4.69, 9.17) is 10.7 Å². The highest BCUT2D eigenvalue weighted by atomic mass is 15.0. The van der Waals surface area contributed by atoms with Crippen LogP contribution in [0, 0.1) is 34.0 Å². The van der Waals surface area contributed by atoms with Crippen molar-refractivity contribution in [3.8, 4) is 17.3 Å². The van der Waals surface area contributed by atoms with Gasteiger partial charge in [0.15, 0.2) is 0 Å². The highest BCUT2D eigenvalue weighted by Crippen LogP contribution is 2.53. The third-order valence-electron chi connectivity index (χ3n) is 7.70. The van der Waals surface area contributed by atoms with Crippen molar-refractivity contribution in [3.63, 3.8) is 0 Å². The molecule has 6 heteroatoms. The number of fused-ring (bicyclic) bond motifs is 2. The molecule has 2 aliphatic rings. The lowest BCUT2D eigenvalue weighted by atomic mass is 9.83. The van der Waals surface area contributed by atoms with Crippen molar-refractivity contribution in [2.45, 2.75) is 58.4 Å². The molecule has 0 aliphatic heterocycles. The molecular formula is C28H40N6. The van der Waals surface area contributed by atoms with Crippen molar-refractivity contribution < 1.29 is 0 Å². The zero-order valence-corrected chi connectivity index (χ0v) is 20.9. The van der Waals surface area contributed by atoms with Crippen LogP contribution in [0.3, 0.4) is 0 Å². The molecule has 1 aromatic carbocycles. The number of rotatable bonds is 10. The predicted molar refractivity (Wildman–Crippen MR) is 141 cm³/mol. The summed E-state index contributed by atoms with van der Waals surface area (Å²) in [5.41, 5.74) is 9.28. The van der Waals surface area contributed by atoms with Crippen molar-refractivity contribution in [2.75, 3.05) is 25.5 Å². The van der Waals surface area contributed by atoms with Crippen LogP contribution in [0.5, 0.6) is 0 Å². The molecule has 2 atom stereocenters. The summed E-state index contributed by atoms with van der Waals surface area (Å²) in [5.74, 6) is 1.12. The molecule has 2 aliphatic carbocycles. The van der Waals surface area contributed by atoms with Gasteiger partial charge in [0.05, 0.1) is 17.3 Å². The molecule has 34 heavy (non-hydrogen) atoms. The van der Waals surface area contributed by atoms with Crippen LogP contribution in [0.15, 0.2) is 42.6 Å². The van der Waals surface area contributed by atoms with E-state index in [1.807, 2.05) is 49.5 Å². The van der Waals surface area contributed by atoms with Crippen molar-refractivity contribution >= 4 is 11.4 Å². The fourth-order valence-electron chi connectivity index (χ4n) is 5.72. The molecule has 6 nitrogen and oxygen atoms in total. The fraction of sp³-hybridized carbons (Fsp3) is 0.536. The maximum Gasteiger partial charge on any atom is 0.0991 e. The summed E-state index contributed by atoms with van der Waals surface area (Å²) in [6, 6.07) is 14.0. The van der Waals surface area contributed by atoms with Gasteiger partial charge in [-0.25, -0.2) is 0 Å². The first-order valence-electron chi connectivity index (χ1n) is 12.6. The summed E-state index contributed by atoms with van der Waals surface area (Å²) < 4.78 is 0. The van der Waals surface area contributed by atoms with Crippen LogP contribution in [0.1, 0.15) is 57.9 Å². The number of aromatic nitrogens is 1. The van der Waals surface area contributed by atoms with Gasteiger partial charge in [0, 0.05) is 48.2 Å². The van der Waals surface area contributed by atoms with Crippen LogP contribution in [-0.2, 0) is 0 Å². The third-order valence-corrected chi connectivity index (χ3v) is 7.70. The van der Waals surface area contributed by atoms with E-state index in [2.05, 4.69) is 34.3 Å². The molecule has 2 aromatic rings. The number of nitrogens with one attached hydrogen (secondary N) is 3. The van der Waals surface area contributed by atoms with Gasteiger partial charge in [-0.05, 0) is 88.1 Å². The molecule has 0 spiro atoms. The Labute approximate surface area is 204 Å². The number of hydrogen-bond donors (Lipinski definition) is 4. The summed E-state index contributed by atoms with van der Waals surface area (Å²) in [7, 11) is 1.50. The van der Waals surface area contributed by atoms with Crippen molar-refractivity contribution in [3.05, 3.63) is 48.2 Å². The Morgan fingerprint density at radius 3 is 2.50 bits per heavy atom. The lowest BCUT2D eigenvalue weighted by molar-refractivity contribution is 0.254. The summed E-state index contributed by atoms with van der Waals surface area (Å²) in [6.45, 7) is 5.99. The normalized spacial score (nSPS) is 22.3. The number of nitriles is 1. The Morgan fingerprint density at radius 2 is 1.94 bits per heavy atom. The Morgan fingerprint density at radius 1 is 1.24 bits per heavy atom. The quantitative estimate of drug-likeness (QED) is 0.364. The first-order chi connectivity index (χ1) is 16.5. The van der Waals surface area contributed by atoms with E-state index in [1.54, 1.807) is 0 Å². The first kappa shape index (κ1) is 25.9. The topological polar surface area (TPSA) is 111 Å². The molecule has 0 radical (unpaired) electrons. The van der Waals surface area contributed by atoms with Crippen LogP contribution in [0.4, 0.5) is 5.69 Å². The van der Waals surface area contributed by atoms with Gasteiger partial charge >= 0.3 is 0 Å². The molecule has 0 saturated heterocycles. The molecule has 2 saturated carbocycles. The van der Waals surface area contributed by atoms with Crippen LogP contribution in [0.25, 0.3) is 11.3 Å².